The molecule has 1 aliphatic carbocycles. The standard InChI is InChI=1S/C16H22O9/c1-8(2)15(22)24-6-12(17)7-25-16(23)11-4-9(13(18)19)3-10(5-11)14(20)21/h9-12,17H,1,3-7H2,2H3,(H,18,19)(H,20,21). The molecule has 1 rings (SSSR count). The largest absolute Gasteiger partial charge is 0.481 e. The van der Waals surface area contributed by atoms with Crippen LogP contribution < -0.4 is 0 Å². The third-order valence-corrected chi connectivity index (χ3v) is 3.91. The molecule has 1 fully saturated rings. The van der Waals surface area contributed by atoms with Gasteiger partial charge in [0.2, 0.25) is 0 Å². The first-order chi connectivity index (χ1) is 11.6. The maximum atomic E-state index is 12.0. The Labute approximate surface area is 144 Å². The summed E-state index contributed by atoms with van der Waals surface area (Å²) in [5, 5.41) is 27.8. The summed E-state index contributed by atoms with van der Waals surface area (Å²) in [7, 11) is 0. The van der Waals surface area contributed by atoms with Crippen LogP contribution in [0.2, 0.25) is 0 Å². The predicted octanol–water partition coefficient (Wildman–Crippen LogP) is 0.211. The van der Waals surface area contributed by atoms with Crippen LogP contribution in [-0.2, 0) is 28.7 Å². The quantitative estimate of drug-likeness (QED) is 0.409. The first-order valence-corrected chi connectivity index (χ1v) is 7.74. The number of esters is 2. The maximum absolute atomic E-state index is 12.0. The van der Waals surface area contributed by atoms with E-state index in [1.54, 1.807) is 0 Å². The molecule has 0 aromatic carbocycles. The molecule has 3 N–H and O–H groups in total. The molecule has 0 spiro atoms. The number of rotatable bonds is 8. The van der Waals surface area contributed by atoms with Crippen LogP contribution in [-0.4, -0.2) is 58.5 Å². The van der Waals surface area contributed by atoms with E-state index in [0.29, 0.717) is 0 Å². The van der Waals surface area contributed by atoms with Gasteiger partial charge in [-0.2, -0.15) is 0 Å². The summed E-state index contributed by atoms with van der Waals surface area (Å²) in [4.78, 5) is 45.5. The molecule has 3 atom stereocenters. The molecule has 1 aliphatic rings. The summed E-state index contributed by atoms with van der Waals surface area (Å²) in [5.41, 5.74) is 0.158. The van der Waals surface area contributed by atoms with E-state index < -0.39 is 54.3 Å². The molecule has 0 amide bonds. The molecule has 9 nitrogen and oxygen atoms in total. The van der Waals surface area contributed by atoms with Crippen molar-refractivity contribution in [2.75, 3.05) is 13.2 Å². The summed E-state index contributed by atoms with van der Waals surface area (Å²) in [6.07, 6.45) is -1.31. The Bertz CT molecular complexity index is 532. The number of carboxylic acid groups (broad SMARTS) is 2. The molecule has 0 aromatic heterocycles. The van der Waals surface area contributed by atoms with Gasteiger partial charge in [0.05, 0.1) is 17.8 Å². The van der Waals surface area contributed by atoms with Crippen LogP contribution in [0.5, 0.6) is 0 Å². The van der Waals surface area contributed by atoms with Crippen molar-refractivity contribution in [1.82, 2.24) is 0 Å². The molecule has 9 heteroatoms. The van der Waals surface area contributed by atoms with E-state index in [4.69, 9.17) is 19.7 Å². The van der Waals surface area contributed by atoms with E-state index in [1.165, 1.54) is 6.92 Å². The van der Waals surface area contributed by atoms with Crippen LogP contribution in [0.25, 0.3) is 0 Å². The fourth-order valence-corrected chi connectivity index (χ4v) is 2.55. The number of hydrogen-bond acceptors (Lipinski definition) is 7. The fraction of sp³-hybridized carbons (Fsp3) is 0.625. The van der Waals surface area contributed by atoms with Gasteiger partial charge in [-0.15, -0.1) is 0 Å². The average molecular weight is 358 g/mol. The van der Waals surface area contributed by atoms with E-state index in [2.05, 4.69) is 6.58 Å². The van der Waals surface area contributed by atoms with Gasteiger partial charge in [-0.1, -0.05) is 6.58 Å². The maximum Gasteiger partial charge on any atom is 0.333 e. The van der Waals surface area contributed by atoms with E-state index in [9.17, 15) is 24.3 Å². The predicted molar refractivity (Wildman–Crippen MR) is 82.3 cm³/mol. The van der Waals surface area contributed by atoms with Crippen molar-refractivity contribution in [3.05, 3.63) is 12.2 Å². The summed E-state index contributed by atoms with van der Waals surface area (Å²) < 4.78 is 9.61. The number of carbonyl (C=O) groups excluding carboxylic acids is 2. The van der Waals surface area contributed by atoms with Gasteiger partial charge in [0.15, 0.2) is 0 Å². The summed E-state index contributed by atoms with van der Waals surface area (Å²) >= 11 is 0. The number of carboxylic acids is 2. The highest BCUT2D eigenvalue weighted by molar-refractivity contribution is 5.86. The second-order valence-corrected chi connectivity index (χ2v) is 6.14. The molecule has 140 valence electrons. The summed E-state index contributed by atoms with van der Waals surface area (Å²) in [6.45, 7) is 3.97. The molecule has 3 unspecified atom stereocenters. The van der Waals surface area contributed by atoms with E-state index >= 15 is 0 Å². The molecule has 0 bridgehead atoms. The summed E-state index contributed by atoms with van der Waals surface area (Å²) in [6, 6.07) is 0. The number of ether oxygens (including phenoxy) is 2. The van der Waals surface area contributed by atoms with Gasteiger partial charge in [0, 0.05) is 5.57 Å². The zero-order chi connectivity index (χ0) is 19.1. The Kier molecular flexibility index (Phi) is 7.56. The fourth-order valence-electron chi connectivity index (χ4n) is 2.55. The molecule has 0 aliphatic heterocycles. The zero-order valence-corrected chi connectivity index (χ0v) is 13.8. The Hall–Kier alpha value is -2.42. The lowest BCUT2D eigenvalue weighted by Crippen LogP contribution is -2.36. The molecule has 25 heavy (non-hydrogen) atoms. The van der Waals surface area contributed by atoms with Gasteiger partial charge < -0.3 is 24.8 Å². The highest BCUT2D eigenvalue weighted by Gasteiger charge is 2.39. The van der Waals surface area contributed by atoms with Crippen LogP contribution in [0.4, 0.5) is 0 Å². The van der Waals surface area contributed by atoms with Crippen LogP contribution in [0.1, 0.15) is 26.2 Å². The van der Waals surface area contributed by atoms with Crippen LogP contribution in [0.3, 0.4) is 0 Å². The molecule has 0 saturated heterocycles. The molecular formula is C16H22O9. The van der Waals surface area contributed by atoms with Crippen molar-refractivity contribution in [2.24, 2.45) is 17.8 Å². The smallest absolute Gasteiger partial charge is 0.333 e. The van der Waals surface area contributed by atoms with Gasteiger partial charge in [0.25, 0.3) is 0 Å². The minimum Gasteiger partial charge on any atom is -0.481 e. The molecule has 1 saturated carbocycles. The lowest BCUT2D eigenvalue weighted by molar-refractivity contribution is -0.159. The van der Waals surface area contributed by atoms with Gasteiger partial charge in [-0.25, -0.2) is 4.79 Å². The van der Waals surface area contributed by atoms with Crippen molar-refractivity contribution in [2.45, 2.75) is 32.3 Å². The third kappa shape index (κ3) is 6.54. The Morgan fingerprint density at radius 2 is 1.40 bits per heavy atom. The number of carbonyl (C=O) groups is 4. The summed E-state index contributed by atoms with van der Waals surface area (Å²) in [5.74, 6) is -6.52. The van der Waals surface area contributed by atoms with E-state index in [0.717, 1.165) is 0 Å². The number of aliphatic hydroxyl groups excluding tert-OH is 1. The third-order valence-electron chi connectivity index (χ3n) is 3.91. The van der Waals surface area contributed by atoms with Crippen LogP contribution in [0.15, 0.2) is 12.2 Å². The van der Waals surface area contributed by atoms with Crippen molar-refractivity contribution in [3.8, 4) is 0 Å². The van der Waals surface area contributed by atoms with Gasteiger partial charge in [-0.05, 0) is 26.2 Å². The van der Waals surface area contributed by atoms with Crippen molar-refractivity contribution in [3.63, 3.8) is 0 Å². The first-order valence-electron chi connectivity index (χ1n) is 7.74. The number of aliphatic carboxylic acids is 2. The second kappa shape index (κ2) is 9.16. The molecule has 0 radical (unpaired) electrons. The number of aliphatic hydroxyl groups is 1. The van der Waals surface area contributed by atoms with Crippen LogP contribution >= 0.6 is 0 Å². The minimum atomic E-state index is -1.25. The average Bonchev–Trinajstić information content (AvgIpc) is 2.56. The van der Waals surface area contributed by atoms with Gasteiger partial charge in [0.1, 0.15) is 19.3 Å². The second-order valence-electron chi connectivity index (χ2n) is 6.14. The lowest BCUT2D eigenvalue weighted by Gasteiger charge is -2.29. The SMILES string of the molecule is C=C(C)C(=O)OCC(O)COC(=O)C1CC(C(=O)O)CC(C(=O)O)C1. The molecule has 0 heterocycles. The van der Waals surface area contributed by atoms with E-state index in [1.807, 2.05) is 0 Å². The van der Waals surface area contributed by atoms with E-state index in [-0.39, 0.29) is 31.4 Å². The highest BCUT2D eigenvalue weighted by atomic mass is 16.6. The van der Waals surface area contributed by atoms with Gasteiger partial charge >= 0.3 is 23.9 Å². The lowest BCUT2D eigenvalue weighted by atomic mass is 9.75. The topological polar surface area (TPSA) is 147 Å². The van der Waals surface area contributed by atoms with Crippen molar-refractivity contribution in [1.29, 1.82) is 0 Å². The van der Waals surface area contributed by atoms with Gasteiger partial charge in [-0.3, -0.25) is 14.4 Å². The van der Waals surface area contributed by atoms with Crippen LogP contribution in [0, 0.1) is 17.8 Å². The number of hydrogen-bond donors (Lipinski definition) is 3. The highest BCUT2D eigenvalue weighted by Crippen LogP contribution is 2.34. The molecule has 0 aromatic rings. The normalized spacial score (nSPS) is 24.0. The van der Waals surface area contributed by atoms with Crippen molar-refractivity contribution >= 4 is 23.9 Å². The van der Waals surface area contributed by atoms with Crippen molar-refractivity contribution < 1.29 is 44.0 Å². The first kappa shape index (κ1) is 20.6. The minimum absolute atomic E-state index is 0.0152. The molecular weight excluding hydrogens is 336 g/mol. The Morgan fingerprint density at radius 1 is 0.960 bits per heavy atom. The zero-order valence-electron chi connectivity index (χ0n) is 13.8. The monoisotopic (exact) mass is 358 g/mol. The Morgan fingerprint density at radius 3 is 1.84 bits per heavy atom. The Balaban J connectivity index is 2.51.